The average molecular weight is 403 g/mol. The molecule has 0 saturated heterocycles. The lowest BCUT2D eigenvalue weighted by atomic mass is 9.87. The number of halogens is 3. The van der Waals surface area contributed by atoms with Gasteiger partial charge in [0.1, 0.15) is 5.82 Å². The van der Waals surface area contributed by atoms with Crippen molar-refractivity contribution in [3.05, 3.63) is 47.4 Å². The van der Waals surface area contributed by atoms with Crippen LogP contribution in [0.15, 0.2) is 30.5 Å². The molecule has 0 bridgehead atoms. The van der Waals surface area contributed by atoms with E-state index in [0.717, 1.165) is 43.4 Å². The second kappa shape index (κ2) is 8.80. The molecule has 0 radical (unpaired) electrons. The van der Waals surface area contributed by atoms with Gasteiger partial charge in [-0.1, -0.05) is 6.07 Å². The molecular weight excluding hydrogens is 379 g/mol. The highest BCUT2D eigenvalue weighted by Crippen LogP contribution is 2.33. The number of hydrogen-bond donors (Lipinski definition) is 3. The van der Waals surface area contributed by atoms with Crippen molar-refractivity contribution >= 4 is 6.08 Å². The molecule has 5 nitrogen and oxygen atoms in total. The molecule has 1 aromatic heterocycles. The molecule has 29 heavy (non-hydrogen) atoms. The first kappa shape index (κ1) is 21.1. The number of nitriles is 1. The van der Waals surface area contributed by atoms with Crippen LogP contribution in [-0.4, -0.2) is 22.2 Å². The molecule has 3 rings (SSSR count). The number of nitrogens with one attached hydrogen (secondary N) is 2. The normalized spacial score (nSPS) is 21.2. The van der Waals surface area contributed by atoms with Crippen LogP contribution in [0.25, 0.3) is 17.3 Å². The van der Waals surface area contributed by atoms with Crippen LogP contribution in [0.4, 0.5) is 13.2 Å². The van der Waals surface area contributed by atoms with E-state index in [1.54, 1.807) is 19.1 Å². The van der Waals surface area contributed by atoms with E-state index in [9.17, 15) is 13.2 Å². The van der Waals surface area contributed by atoms with Crippen molar-refractivity contribution in [1.82, 2.24) is 15.3 Å². The van der Waals surface area contributed by atoms with Crippen molar-refractivity contribution in [2.45, 2.75) is 51.0 Å². The summed E-state index contributed by atoms with van der Waals surface area (Å²) in [6, 6.07) is 6.24. The minimum Gasteiger partial charge on any atom is -0.338 e. The van der Waals surface area contributed by atoms with Crippen molar-refractivity contribution in [3.8, 4) is 17.3 Å². The SMILES string of the molecule is Cc1ccc(C(F)(F)F)cc1-c1cnc(/C=C\C(N)N[C@H]2CC[C@H](C#N)CC2)[nH]1. The number of alkyl halides is 3. The summed E-state index contributed by atoms with van der Waals surface area (Å²) < 4.78 is 39.0. The Hall–Kier alpha value is -2.63. The number of aryl methyl sites for hydroxylation is 1. The smallest absolute Gasteiger partial charge is 0.338 e. The third-order valence-electron chi connectivity index (χ3n) is 5.25. The predicted molar refractivity (Wildman–Crippen MR) is 105 cm³/mol. The Labute approximate surface area is 167 Å². The van der Waals surface area contributed by atoms with Gasteiger partial charge in [-0.3, -0.25) is 5.32 Å². The van der Waals surface area contributed by atoms with Crippen molar-refractivity contribution in [1.29, 1.82) is 5.26 Å². The number of nitrogens with two attached hydrogens (primary N) is 1. The number of nitrogens with zero attached hydrogens (tertiary/aromatic N) is 2. The first-order valence-electron chi connectivity index (χ1n) is 9.59. The van der Waals surface area contributed by atoms with E-state index >= 15 is 0 Å². The van der Waals surface area contributed by atoms with Gasteiger partial charge in [-0.2, -0.15) is 18.4 Å². The molecular formula is C21H24F3N5. The summed E-state index contributed by atoms with van der Waals surface area (Å²) in [6.45, 7) is 1.76. The Balaban J connectivity index is 1.64. The summed E-state index contributed by atoms with van der Waals surface area (Å²) in [6.07, 6.45) is 3.82. The average Bonchev–Trinajstić information content (AvgIpc) is 3.15. The highest BCUT2D eigenvalue weighted by molar-refractivity contribution is 5.65. The molecule has 1 atom stereocenters. The number of aromatic nitrogens is 2. The monoisotopic (exact) mass is 403 g/mol. The van der Waals surface area contributed by atoms with Crippen molar-refractivity contribution in [2.24, 2.45) is 11.7 Å². The summed E-state index contributed by atoms with van der Waals surface area (Å²) in [5, 5.41) is 12.3. The van der Waals surface area contributed by atoms with Crippen LogP contribution >= 0.6 is 0 Å². The fraction of sp³-hybridized carbons (Fsp3) is 0.429. The zero-order valence-corrected chi connectivity index (χ0v) is 16.1. The second-order valence-electron chi connectivity index (χ2n) is 7.44. The summed E-state index contributed by atoms with van der Waals surface area (Å²) in [7, 11) is 0. The number of hydrogen-bond acceptors (Lipinski definition) is 4. The summed E-state index contributed by atoms with van der Waals surface area (Å²) >= 11 is 0. The van der Waals surface area contributed by atoms with E-state index in [-0.39, 0.29) is 18.1 Å². The van der Waals surface area contributed by atoms with Crippen LogP contribution in [0.2, 0.25) is 0 Å². The minimum absolute atomic E-state index is 0.140. The molecule has 1 unspecified atom stereocenters. The standard InChI is InChI=1S/C21H24F3N5/c1-13-2-5-15(21(22,23)24)10-17(13)18-12-27-20(29-18)9-8-19(26)28-16-6-3-14(11-25)4-7-16/h2,5,8-10,12,14,16,19,28H,3-4,6-7,26H2,1H3,(H,27,29)/b9-8-/t14-,16-,19?. The lowest BCUT2D eigenvalue weighted by Crippen LogP contribution is -2.44. The third-order valence-corrected chi connectivity index (χ3v) is 5.25. The first-order valence-corrected chi connectivity index (χ1v) is 9.59. The zero-order valence-electron chi connectivity index (χ0n) is 16.1. The van der Waals surface area contributed by atoms with E-state index in [1.165, 1.54) is 12.3 Å². The molecule has 1 fully saturated rings. The molecule has 1 saturated carbocycles. The van der Waals surface area contributed by atoms with Gasteiger partial charge < -0.3 is 10.7 Å². The molecule has 1 aliphatic rings. The molecule has 1 aliphatic carbocycles. The fourth-order valence-corrected chi connectivity index (χ4v) is 3.56. The van der Waals surface area contributed by atoms with Gasteiger partial charge >= 0.3 is 6.18 Å². The van der Waals surface area contributed by atoms with Gasteiger partial charge in [0.2, 0.25) is 0 Å². The highest BCUT2D eigenvalue weighted by atomic mass is 19.4. The van der Waals surface area contributed by atoms with Crippen LogP contribution < -0.4 is 11.1 Å². The van der Waals surface area contributed by atoms with Gasteiger partial charge in [0.25, 0.3) is 0 Å². The Bertz CT molecular complexity index is 902. The quantitative estimate of drug-likeness (QED) is 0.647. The minimum atomic E-state index is -4.39. The lowest BCUT2D eigenvalue weighted by Gasteiger charge is -2.27. The van der Waals surface area contributed by atoms with E-state index in [1.807, 2.05) is 0 Å². The summed E-state index contributed by atoms with van der Waals surface area (Å²) in [4.78, 5) is 7.26. The Morgan fingerprint density at radius 3 is 2.69 bits per heavy atom. The molecule has 8 heteroatoms. The van der Waals surface area contributed by atoms with Gasteiger partial charge in [0.05, 0.1) is 29.7 Å². The van der Waals surface area contributed by atoms with Crippen LogP contribution in [-0.2, 0) is 6.18 Å². The van der Waals surface area contributed by atoms with Gasteiger partial charge in [-0.15, -0.1) is 0 Å². The molecule has 1 aromatic carbocycles. The van der Waals surface area contributed by atoms with Crippen LogP contribution in [0.5, 0.6) is 0 Å². The van der Waals surface area contributed by atoms with Crippen molar-refractivity contribution in [3.63, 3.8) is 0 Å². The maximum atomic E-state index is 13.0. The maximum Gasteiger partial charge on any atom is 0.416 e. The van der Waals surface area contributed by atoms with Gasteiger partial charge in [-0.25, -0.2) is 4.98 Å². The highest BCUT2D eigenvalue weighted by Gasteiger charge is 2.31. The van der Waals surface area contributed by atoms with Gasteiger partial charge in [-0.05, 0) is 62.5 Å². The number of benzene rings is 1. The molecule has 154 valence electrons. The van der Waals surface area contributed by atoms with E-state index < -0.39 is 11.7 Å². The fourth-order valence-electron chi connectivity index (χ4n) is 3.56. The largest absolute Gasteiger partial charge is 0.416 e. The van der Waals surface area contributed by atoms with E-state index in [0.29, 0.717) is 17.1 Å². The van der Waals surface area contributed by atoms with Crippen LogP contribution in [0.3, 0.4) is 0 Å². The van der Waals surface area contributed by atoms with Crippen molar-refractivity contribution in [2.75, 3.05) is 0 Å². The van der Waals surface area contributed by atoms with Gasteiger partial charge in [0.15, 0.2) is 0 Å². The molecule has 2 aromatic rings. The number of H-pyrrole nitrogens is 1. The second-order valence-corrected chi connectivity index (χ2v) is 7.44. The van der Waals surface area contributed by atoms with Crippen molar-refractivity contribution < 1.29 is 13.2 Å². The summed E-state index contributed by atoms with van der Waals surface area (Å²) in [5.74, 6) is 0.655. The number of rotatable bonds is 5. The van der Waals surface area contributed by atoms with E-state index in [2.05, 4.69) is 21.4 Å². The van der Waals surface area contributed by atoms with Crippen LogP contribution in [0, 0.1) is 24.2 Å². The first-order chi connectivity index (χ1) is 13.8. The Kier molecular flexibility index (Phi) is 6.40. The Morgan fingerprint density at radius 1 is 1.31 bits per heavy atom. The Morgan fingerprint density at radius 2 is 2.03 bits per heavy atom. The summed E-state index contributed by atoms with van der Waals surface area (Å²) in [5.41, 5.74) is 7.11. The topological polar surface area (TPSA) is 90.5 Å². The number of aromatic amines is 1. The molecule has 4 N–H and O–H groups in total. The van der Waals surface area contributed by atoms with E-state index in [4.69, 9.17) is 11.0 Å². The molecule has 0 aliphatic heterocycles. The molecule has 0 amide bonds. The maximum absolute atomic E-state index is 13.0. The predicted octanol–water partition coefficient (Wildman–Crippen LogP) is 4.37. The zero-order chi connectivity index (χ0) is 21.0. The number of imidazole rings is 1. The lowest BCUT2D eigenvalue weighted by molar-refractivity contribution is -0.137. The molecule has 1 heterocycles. The van der Waals surface area contributed by atoms with Gasteiger partial charge in [0, 0.05) is 17.5 Å². The third kappa shape index (κ3) is 5.46. The van der Waals surface area contributed by atoms with Crippen LogP contribution in [0.1, 0.15) is 42.6 Å². The molecule has 0 spiro atoms.